The van der Waals surface area contributed by atoms with E-state index in [-0.39, 0.29) is 6.79 Å². The second kappa shape index (κ2) is 4.64. The van der Waals surface area contributed by atoms with Gasteiger partial charge in [0.15, 0.2) is 17.3 Å². The first-order valence-corrected chi connectivity index (χ1v) is 6.50. The van der Waals surface area contributed by atoms with E-state index in [0.717, 1.165) is 36.0 Å². The molecule has 2 aliphatic rings. The molecule has 1 aromatic carbocycles. The molecule has 0 atom stereocenters. The lowest BCUT2D eigenvalue weighted by atomic mass is 10.0. The maximum Gasteiger partial charge on any atom is 0.250 e. The summed E-state index contributed by atoms with van der Waals surface area (Å²) in [5, 5.41) is 7.17. The molecule has 4 rings (SSSR count). The minimum absolute atomic E-state index is 0.283. The Hall–Kier alpha value is -2.34. The fourth-order valence-electron chi connectivity index (χ4n) is 2.14. The van der Waals surface area contributed by atoms with Gasteiger partial charge in [-0.15, -0.1) is 0 Å². The van der Waals surface area contributed by atoms with Crippen molar-refractivity contribution in [3.05, 3.63) is 35.5 Å². The molecule has 1 N–H and O–H groups in total. The zero-order valence-electron chi connectivity index (χ0n) is 10.7. The predicted octanol–water partition coefficient (Wildman–Crippen LogP) is 1.66. The number of benzene rings is 1. The third-order valence-corrected chi connectivity index (χ3v) is 3.42. The lowest BCUT2D eigenvalue weighted by Gasteiger charge is -2.23. The van der Waals surface area contributed by atoms with Gasteiger partial charge in [-0.2, -0.15) is 4.98 Å². The van der Waals surface area contributed by atoms with E-state index in [9.17, 15) is 0 Å². The second-order valence-electron chi connectivity index (χ2n) is 4.79. The molecule has 1 fully saturated rings. The monoisotopic (exact) mass is 271 g/mol. The van der Waals surface area contributed by atoms with Gasteiger partial charge in [0, 0.05) is 25.1 Å². The van der Waals surface area contributed by atoms with Crippen molar-refractivity contribution in [2.45, 2.75) is 5.92 Å². The third kappa shape index (κ3) is 2.04. The van der Waals surface area contributed by atoms with E-state index >= 15 is 0 Å². The first-order valence-electron chi connectivity index (χ1n) is 6.50. The van der Waals surface area contributed by atoms with Crippen LogP contribution < -0.4 is 14.8 Å². The molecule has 0 aliphatic carbocycles. The summed E-state index contributed by atoms with van der Waals surface area (Å²) in [7, 11) is 0. The summed E-state index contributed by atoms with van der Waals surface area (Å²) >= 11 is 0. The molecule has 0 amide bonds. The second-order valence-corrected chi connectivity index (χ2v) is 4.79. The Balaban J connectivity index is 1.51. The smallest absolute Gasteiger partial charge is 0.250 e. The summed E-state index contributed by atoms with van der Waals surface area (Å²) in [5.74, 6) is 3.21. The number of ether oxygens (including phenoxy) is 2. The van der Waals surface area contributed by atoms with Crippen LogP contribution in [0.4, 0.5) is 0 Å². The molecule has 2 aromatic rings. The normalized spacial score (nSPS) is 17.6. The Morgan fingerprint density at radius 1 is 1.15 bits per heavy atom. The fourth-order valence-corrected chi connectivity index (χ4v) is 2.14. The van der Waals surface area contributed by atoms with Gasteiger partial charge in [0.25, 0.3) is 5.89 Å². The van der Waals surface area contributed by atoms with Crippen molar-refractivity contribution in [1.29, 1.82) is 0 Å². The largest absolute Gasteiger partial charge is 0.454 e. The van der Waals surface area contributed by atoms with E-state index in [4.69, 9.17) is 14.0 Å². The zero-order valence-corrected chi connectivity index (χ0v) is 10.7. The molecule has 3 heterocycles. The van der Waals surface area contributed by atoms with E-state index in [2.05, 4.69) is 15.5 Å². The number of rotatable bonds is 3. The van der Waals surface area contributed by atoms with Gasteiger partial charge >= 0.3 is 0 Å². The van der Waals surface area contributed by atoms with Gasteiger partial charge in [-0.1, -0.05) is 11.2 Å². The average Bonchev–Trinajstić information content (AvgIpc) is 3.02. The Morgan fingerprint density at radius 3 is 2.90 bits per heavy atom. The molecule has 6 heteroatoms. The van der Waals surface area contributed by atoms with E-state index in [1.54, 1.807) is 6.08 Å². The summed E-state index contributed by atoms with van der Waals surface area (Å²) in [5.41, 5.74) is 0.999. The molecule has 20 heavy (non-hydrogen) atoms. The van der Waals surface area contributed by atoms with Crippen LogP contribution in [-0.2, 0) is 0 Å². The van der Waals surface area contributed by atoms with Crippen LogP contribution in [0, 0.1) is 0 Å². The van der Waals surface area contributed by atoms with Gasteiger partial charge < -0.3 is 19.3 Å². The third-order valence-electron chi connectivity index (χ3n) is 3.42. The lowest BCUT2D eigenvalue weighted by molar-refractivity contribution is 0.174. The zero-order chi connectivity index (χ0) is 13.4. The minimum atomic E-state index is 0.283. The number of hydrogen-bond donors (Lipinski definition) is 1. The molecule has 0 radical (unpaired) electrons. The molecular formula is C14H13N3O3. The first kappa shape index (κ1) is 11.5. The number of nitrogens with zero attached hydrogens (tertiary/aromatic N) is 2. The SMILES string of the molecule is C(=C\c1nc(C2CNC2)no1)/c1ccc2c(c1)OCO2. The molecule has 102 valence electrons. The highest BCUT2D eigenvalue weighted by molar-refractivity contribution is 5.68. The van der Waals surface area contributed by atoms with Gasteiger partial charge in [0.05, 0.1) is 0 Å². The Morgan fingerprint density at radius 2 is 2.05 bits per heavy atom. The Labute approximate surface area is 115 Å². The molecular weight excluding hydrogens is 258 g/mol. The maximum absolute atomic E-state index is 5.33. The number of aromatic nitrogens is 2. The minimum Gasteiger partial charge on any atom is -0.454 e. The van der Waals surface area contributed by atoms with Crippen LogP contribution in [-0.4, -0.2) is 30.0 Å². The molecule has 6 nitrogen and oxygen atoms in total. The molecule has 0 bridgehead atoms. The summed E-state index contributed by atoms with van der Waals surface area (Å²) in [4.78, 5) is 4.36. The number of nitrogens with one attached hydrogen (secondary N) is 1. The van der Waals surface area contributed by atoms with Crippen LogP contribution in [0.2, 0.25) is 0 Å². The number of fused-ring (bicyclic) bond motifs is 1. The number of hydrogen-bond acceptors (Lipinski definition) is 6. The summed E-state index contributed by atoms with van der Waals surface area (Å²) < 4.78 is 15.8. The molecule has 0 unspecified atom stereocenters. The fraction of sp³-hybridized carbons (Fsp3) is 0.286. The van der Waals surface area contributed by atoms with Crippen LogP contribution in [0.25, 0.3) is 12.2 Å². The van der Waals surface area contributed by atoms with Crippen molar-refractivity contribution in [1.82, 2.24) is 15.5 Å². The van der Waals surface area contributed by atoms with Crippen molar-refractivity contribution in [3.63, 3.8) is 0 Å². The van der Waals surface area contributed by atoms with E-state index in [0.29, 0.717) is 11.8 Å². The van der Waals surface area contributed by atoms with Crippen molar-refractivity contribution in [2.75, 3.05) is 19.9 Å². The van der Waals surface area contributed by atoms with Gasteiger partial charge in [-0.3, -0.25) is 0 Å². The lowest BCUT2D eigenvalue weighted by Crippen LogP contribution is -2.40. The van der Waals surface area contributed by atoms with Gasteiger partial charge in [-0.25, -0.2) is 0 Å². The Bertz CT molecular complexity index is 661. The predicted molar refractivity (Wildman–Crippen MR) is 71.4 cm³/mol. The highest BCUT2D eigenvalue weighted by Crippen LogP contribution is 2.32. The molecule has 0 spiro atoms. The van der Waals surface area contributed by atoms with E-state index in [1.165, 1.54) is 0 Å². The van der Waals surface area contributed by atoms with Crippen LogP contribution >= 0.6 is 0 Å². The van der Waals surface area contributed by atoms with Gasteiger partial charge in [-0.05, 0) is 23.8 Å². The quantitative estimate of drug-likeness (QED) is 0.915. The Kier molecular flexibility index (Phi) is 2.67. The van der Waals surface area contributed by atoms with Gasteiger partial charge in [0.2, 0.25) is 6.79 Å². The van der Waals surface area contributed by atoms with Crippen molar-refractivity contribution in [2.24, 2.45) is 0 Å². The standard InChI is InChI=1S/C14H13N3O3/c1-3-11-12(19-8-18-11)5-9(1)2-4-13-16-14(17-20-13)10-6-15-7-10/h1-5,10,15H,6-8H2/b4-2+. The molecule has 1 saturated heterocycles. The highest BCUT2D eigenvalue weighted by Gasteiger charge is 2.23. The van der Waals surface area contributed by atoms with Crippen LogP contribution in [0.1, 0.15) is 23.2 Å². The topological polar surface area (TPSA) is 69.4 Å². The average molecular weight is 271 g/mol. The van der Waals surface area contributed by atoms with Crippen LogP contribution in [0.3, 0.4) is 0 Å². The van der Waals surface area contributed by atoms with E-state index in [1.807, 2.05) is 24.3 Å². The summed E-state index contributed by atoms with van der Waals surface area (Å²) in [6, 6.07) is 5.77. The van der Waals surface area contributed by atoms with Crippen LogP contribution in [0.15, 0.2) is 22.7 Å². The van der Waals surface area contributed by atoms with E-state index < -0.39 is 0 Å². The summed E-state index contributed by atoms with van der Waals surface area (Å²) in [6.07, 6.45) is 3.72. The van der Waals surface area contributed by atoms with Crippen molar-refractivity contribution in [3.8, 4) is 11.5 Å². The molecule has 2 aliphatic heterocycles. The molecule has 0 saturated carbocycles. The van der Waals surface area contributed by atoms with Gasteiger partial charge in [0.1, 0.15) is 0 Å². The highest BCUT2D eigenvalue weighted by atomic mass is 16.7. The van der Waals surface area contributed by atoms with Crippen molar-refractivity contribution >= 4 is 12.2 Å². The van der Waals surface area contributed by atoms with Crippen LogP contribution in [0.5, 0.6) is 11.5 Å². The van der Waals surface area contributed by atoms with Crippen molar-refractivity contribution < 1.29 is 14.0 Å². The maximum atomic E-state index is 5.33. The molecule has 1 aromatic heterocycles. The first-order chi connectivity index (χ1) is 9.88. The summed E-state index contributed by atoms with van der Waals surface area (Å²) in [6.45, 7) is 2.13.